The van der Waals surface area contributed by atoms with Crippen LogP contribution in [-0.4, -0.2) is 39.6 Å². The average Bonchev–Trinajstić information content (AvgIpc) is 2.53. The van der Waals surface area contributed by atoms with Crippen molar-refractivity contribution in [2.45, 2.75) is 44.0 Å². The van der Waals surface area contributed by atoms with Gasteiger partial charge in [0.05, 0.1) is 10.3 Å². The second kappa shape index (κ2) is 7.41. The first-order valence-electron chi connectivity index (χ1n) is 8.31. The summed E-state index contributed by atoms with van der Waals surface area (Å²) in [6.45, 7) is 6.53. The van der Waals surface area contributed by atoms with Gasteiger partial charge in [0.25, 0.3) is 0 Å². The van der Waals surface area contributed by atoms with E-state index >= 15 is 0 Å². The van der Waals surface area contributed by atoms with Crippen molar-refractivity contribution in [2.24, 2.45) is 11.1 Å². The Morgan fingerprint density at radius 2 is 1.92 bits per heavy atom. The SMILES string of the molecule is CC(C)(C)NS(=O)(=O)c1cccc(NC(=O)C2(CN)CCOCC2)c1. The number of carbonyl (C=O) groups is 1. The number of amides is 1. The lowest BCUT2D eigenvalue weighted by atomic mass is 9.79. The number of nitrogens with two attached hydrogens (primary N) is 1. The fourth-order valence-corrected chi connectivity index (χ4v) is 4.22. The van der Waals surface area contributed by atoms with Gasteiger partial charge in [-0.2, -0.15) is 0 Å². The van der Waals surface area contributed by atoms with E-state index in [0.29, 0.717) is 31.7 Å². The van der Waals surface area contributed by atoms with Crippen molar-refractivity contribution in [1.82, 2.24) is 4.72 Å². The van der Waals surface area contributed by atoms with E-state index in [1.165, 1.54) is 12.1 Å². The number of sulfonamides is 1. The number of hydrogen-bond acceptors (Lipinski definition) is 5. The molecule has 1 aliphatic heterocycles. The van der Waals surface area contributed by atoms with E-state index < -0.39 is 21.0 Å². The maximum absolute atomic E-state index is 12.7. The third-order valence-corrected chi connectivity index (χ3v) is 5.92. The van der Waals surface area contributed by atoms with Crippen molar-refractivity contribution in [3.63, 3.8) is 0 Å². The highest BCUT2D eigenvalue weighted by molar-refractivity contribution is 7.89. The lowest BCUT2D eigenvalue weighted by Crippen LogP contribution is -2.46. The monoisotopic (exact) mass is 369 g/mol. The molecule has 0 bridgehead atoms. The predicted octanol–water partition coefficient (Wildman–Crippen LogP) is 1.46. The Morgan fingerprint density at radius 3 is 2.48 bits per heavy atom. The molecule has 1 aromatic carbocycles. The number of anilines is 1. The molecule has 1 heterocycles. The van der Waals surface area contributed by atoms with E-state index in [0.717, 1.165) is 0 Å². The van der Waals surface area contributed by atoms with Gasteiger partial charge in [-0.05, 0) is 51.8 Å². The number of benzene rings is 1. The molecule has 0 spiro atoms. The molecule has 0 unspecified atom stereocenters. The maximum Gasteiger partial charge on any atom is 0.241 e. The van der Waals surface area contributed by atoms with Gasteiger partial charge in [-0.25, -0.2) is 13.1 Å². The van der Waals surface area contributed by atoms with Gasteiger partial charge >= 0.3 is 0 Å². The van der Waals surface area contributed by atoms with E-state index in [9.17, 15) is 13.2 Å². The number of carbonyl (C=O) groups excluding carboxylic acids is 1. The van der Waals surface area contributed by atoms with Crippen LogP contribution >= 0.6 is 0 Å². The molecule has 0 atom stereocenters. The molecule has 0 aromatic heterocycles. The van der Waals surface area contributed by atoms with E-state index in [1.807, 2.05) is 0 Å². The highest BCUT2D eigenvalue weighted by Gasteiger charge is 2.38. The molecule has 0 saturated carbocycles. The zero-order chi connectivity index (χ0) is 18.7. The highest BCUT2D eigenvalue weighted by atomic mass is 32.2. The van der Waals surface area contributed by atoms with Crippen molar-refractivity contribution < 1.29 is 17.9 Å². The fraction of sp³-hybridized carbons (Fsp3) is 0.588. The van der Waals surface area contributed by atoms with Crippen LogP contribution in [0.5, 0.6) is 0 Å². The largest absolute Gasteiger partial charge is 0.381 e. The van der Waals surface area contributed by atoms with Crippen LogP contribution in [0.2, 0.25) is 0 Å². The summed E-state index contributed by atoms with van der Waals surface area (Å²) in [5, 5.41) is 2.81. The van der Waals surface area contributed by atoms with E-state index in [-0.39, 0.29) is 17.3 Å². The summed E-state index contributed by atoms with van der Waals surface area (Å²) in [6.07, 6.45) is 1.11. The molecule has 25 heavy (non-hydrogen) atoms. The molecular formula is C17H27N3O4S. The van der Waals surface area contributed by atoms with Gasteiger partial charge in [0.15, 0.2) is 0 Å². The quantitative estimate of drug-likeness (QED) is 0.728. The van der Waals surface area contributed by atoms with Gasteiger partial charge < -0.3 is 15.8 Å². The number of nitrogens with one attached hydrogen (secondary N) is 2. The minimum atomic E-state index is -3.67. The first kappa shape index (κ1) is 19.8. The lowest BCUT2D eigenvalue weighted by molar-refractivity contribution is -0.130. The predicted molar refractivity (Wildman–Crippen MR) is 96.7 cm³/mol. The molecule has 8 heteroatoms. The molecule has 1 aromatic rings. The van der Waals surface area contributed by atoms with Gasteiger partial charge in [-0.15, -0.1) is 0 Å². The van der Waals surface area contributed by atoms with Crippen molar-refractivity contribution in [2.75, 3.05) is 25.1 Å². The van der Waals surface area contributed by atoms with Crippen LogP contribution < -0.4 is 15.8 Å². The van der Waals surface area contributed by atoms with Crippen LogP contribution in [0.4, 0.5) is 5.69 Å². The van der Waals surface area contributed by atoms with Gasteiger partial charge in [0.2, 0.25) is 15.9 Å². The summed E-state index contributed by atoms with van der Waals surface area (Å²) < 4.78 is 32.8. The molecule has 0 radical (unpaired) electrons. The van der Waals surface area contributed by atoms with Gasteiger partial charge in [-0.3, -0.25) is 4.79 Å². The van der Waals surface area contributed by atoms with Crippen molar-refractivity contribution in [3.05, 3.63) is 24.3 Å². The Balaban J connectivity index is 2.20. The minimum Gasteiger partial charge on any atom is -0.381 e. The Morgan fingerprint density at radius 1 is 1.28 bits per heavy atom. The third kappa shape index (κ3) is 5.01. The standard InChI is InChI=1S/C17H27N3O4S/c1-16(2,3)20-25(22,23)14-6-4-5-13(11-14)19-15(21)17(12-18)7-9-24-10-8-17/h4-6,11,20H,7-10,12,18H2,1-3H3,(H,19,21). The Hall–Kier alpha value is -1.48. The molecule has 1 saturated heterocycles. The second-order valence-corrected chi connectivity index (χ2v) is 9.12. The summed E-state index contributed by atoms with van der Waals surface area (Å²) in [7, 11) is -3.67. The normalized spacial score (nSPS) is 17.9. The van der Waals surface area contributed by atoms with Crippen molar-refractivity contribution in [3.8, 4) is 0 Å². The first-order valence-corrected chi connectivity index (χ1v) is 9.80. The van der Waals surface area contributed by atoms with Crippen LogP contribution in [0.1, 0.15) is 33.6 Å². The van der Waals surface area contributed by atoms with Gasteiger partial charge in [0.1, 0.15) is 0 Å². The van der Waals surface area contributed by atoms with Crippen molar-refractivity contribution >= 4 is 21.6 Å². The smallest absolute Gasteiger partial charge is 0.241 e. The van der Waals surface area contributed by atoms with Crippen LogP contribution in [0, 0.1) is 5.41 Å². The lowest BCUT2D eigenvalue weighted by Gasteiger charge is -2.34. The average molecular weight is 369 g/mol. The van der Waals surface area contributed by atoms with Crippen molar-refractivity contribution in [1.29, 1.82) is 0 Å². The van der Waals surface area contributed by atoms with Crippen LogP contribution in [0.3, 0.4) is 0 Å². The van der Waals surface area contributed by atoms with E-state index in [2.05, 4.69) is 10.0 Å². The number of rotatable bonds is 5. The van der Waals surface area contributed by atoms with Crippen LogP contribution in [-0.2, 0) is 19.6 Å². The number of ether oxygens (including phenoxy) is 1. The molecule has 140 valence electrons. The van der Waals surface area contributed by atoms with E-state index in [4.69, 9.17) is 10.5 Å². The maximum atomic E-state index is 12.7. The molecule has 2 rings (SSSR count). The highest BCUT2D eigenvalue weighted by Crippen LogP contribution is 2.31. The molecule has 1 amide bonds. The Kier molecular flexibility index (Phi) is 5.88. The minimum absolute atomic E-state index is 0.106. The van der Waals surface area contributed by atoms with Crippen LogP contribution in [0.25, 0.3) is 0 Å². The molecular weight excluding hydrogens is 342 g/mol. The second-order valence-electron chi connectivity index (χ2n) is 7.43. The zero-order valence-electron chi connectivity index (χ0n) is 15.0. The fourth-order valence-electron chi connectivity index (χ4n) is 2.75. The van der Waals surface area contributed by atoms with E-state index in [1.54, 1.807) is 32.9 Å². The third-order valence-electron chi connectivity index (χ3n) is 4.17. The molecule has 7 nitrogen and oxygen atoms in total. The molecule has 0 aliphatic carbocycles. The Labute approximate surface area is 149 Å². The Bertz CT molecular complexity index is 720. The molecule has 1 aliphatic rings. The summed E-state index contributed by atoms with van der Waals surface area (Å²) in [4.78, 5) is 12.8. The van der Waals surface area contributed by atoms with Gasteiger partial charge in [0, 0.05) is 31.0 Å². The zero-order valence-corrected chi connectivity index (χ0v) is 15.8. The summed E-state index contributed by atoms with van der Waals surface area (Å²) in [6, 6.07) is 6.22. The molecule has 1 fully saturated rings. The first-order chi connectivity index (χ1) is 11.6. The molecule has 4 N–H and O–H groups in total. The summed E-state index contributed by atoms with van der Waals surface area (Å²) >= 11 is 0. The topological polar surface area (TPSA) is 111 Å². The summed E-state index contributed by atoms with van der Waals surface area (Å²) in [5.41, 5.74) is 5.01. The summed E-state index contributed by atoms with van der Waals surface area (Å²) in [5.74, 6) is -0.198. The van der Waals surface area contributed by atoms with Gasteiger partial charge in [-0.1, -0.05) is 6.07 Å². The number of hydrogen-bond donors (Lipinski definition) is 3. The van der Waals surface area contributed by atoms with Crippen LogP contribution in [0.15, 0.2) is 29.2 Å².